The Hall–Kier alpha value is -2.98. The van der Waals surface area contributed by atoms with Gasteiger partial charge in [0.15, 0.2) is 6.54 Å². The molecule has 4 aromatic rings. The first kappa shape index (κ1) is 45.7. The number of rotatable bonds is 21. The second-order valence-corrected chi connectivity index (χ2v) is 19.3. The topological polar surface area (TPSA) is 128 Å². The molecule has 0 saturated carbocycles. The molecule has 0 amide bonds. The van der Waals surface area contributed by atoms with Gasteiger partial charge in [-0.3, -0.25) is 9.11 Å². The average Bonchev–Trinajstić information content (AvgIpc) is 3.69. The third-order valence-electron chi connectivity index (χ3n) is 9.63. The third kappa shape index (κ3) is 13.8. The molecule has 14 heteroatoms. The molecular formula is C42H60N3O7S4+. The van der Waals surface area contributed by atoms with E-state index in [-0.39, 0.29) is 24.3 Å². The number of unbranched alkanes of at least 4 members (excludes halogenated alkanes) is 3. The number of hydrogen-bond acceptors (Lipinski definition) is 9. The largest absolute Gasteiger partial charge is 0.497 e. The lowest BCUT2D eigenvalue weighted by molar-refractivity contribution is -0.667. The van der Waals surface area contributed by atoms with Crippen molar-refractivity contribution in [2.45, 2.75) is 96.9 Å². The first-order valence-corrected chi connectivity index (χ1v) is 24.7. The zero-order chi connectivity index (χ0) is 40.7. The Morgan fingerprint density at radius 2 is 1.48 bits per heavy atom. The summed E-state index contributed by atoms with van der Waals surface area (Å²) in [6, 6.07) is 18.0. The van der Waals surface area contributed by atoms with Gasteiger partial charge in [0.2, 0.25) is 5.52 Å². The maximum atomic E-state index is 11.5. The van der Waals surface area contributed by atoms with Gasteiger partial charge in [-0.1, -0.05) is 94.3 Å². The number of aromatic nitrogens is 1. The zero-order valence-corrected chi connectivity index (χ0v) is 36.8. The molecule has 5 rings (SSSR count). The van der Waals surface area contributed by atoms with Crippen LogP contribution in [-0.4, -0.2) is 75.6 Å². The highest BCUT2D eigenvalue weighted by Gasteiger charge is 2.27. The summed E-state index contributed by atoms with van der Waals surface area (Å²) in [5.74, 6) is 0.0265. The minimum absolute atomic E-state index is 0.246. The van der Waals surface area contributed by atoms with E-state index in [4.69, 9.17) is 4.74 Å². The van der Waals surface area contributed by atoms with E-state index in [1.165, 1.54) is 58.2 Å². The van der Waals surface area contributed by atoms with E-state index in [9.17, 15) is 25.9 Å². The van der Waals surface area contributed by atoms with Crippen LogP contribution in [-0.2, 0) is 26.8 Å². The summed E-state index contributed by atoms with van der Waals surface area (Å²) in [5, 5.41) is 4.03. The molecule has 0 atom stereocenters. The lowest BCUT2D eigenvalue weighted by atomic mass is 10.1. The Balaban J connectivity index is 0.000000460. The first-order valence-electron chi connectivity index (χ1n) is 19.8. The zero-order valence-electron chi connectivity index (χ0n) is 33.6. The summed E-state index contributed by atoms with van der Waals surface area (Å²) in [5.41, 5.74) is 2.96. The van der Waals surface area contributed by atoms with Crippen LogP contribution in [0, 0.1) is 0 Å². The summed E-state index contributed by atoms with van der Waals surface area (Å²) in [4.78, 5) is 5.70. The second kappa shape index (κ2) is 22.2. The fraction of sp³-hybridized carbons (Fsp3) is 0.500. The van der Waals surface area contributed by atoms with Gasteiger partial charge in [-0.05, 0) is 93.0 Å². The number of thiazole rings is 1. The molecule has 2 N–H and O–H groups in total. The van der Waals surface area contributed by atoms with Crippen molar-refractivity contribution in [2.75, 3.05) is 49.7 Å². The third-order valence-corrected chi connectivity index (χ3v) is 13.4. The summed E-state index contributed by atoms with van der Waals surface area (Å²) >= 11 is 3.21. The minimum Gasteiger partial charge on any atom is -0.497 e. The monoisotopic (exact) mass is 846 g/mol. The van der Waals surface area contributed by atoms with Crippen molar-refractivity contribution in [2.24, 2.45) is 0 Å². The maximum Gasteiger partial charge on any atom is 0.265 e. The van der Waals surface area contributed by atoms with E-state index < -0.39 is 20.2 Å². The van der Waals surface area contributed by atoms with Gasteiger partial charge in [-0.2, -0.15) is 21.4 Å². The van der Waals surface area contributed by atoms with Gasteiger partial charge >= 0.3 is 0 Å². The van der Waals surface area contributed by atoms with Crippen LogP contribution in [0.15, 0.2) is 76.2 Å². The summed E-state index contributed by atoms with van der Waals surface area (Å²) in [7, 11) is -6.58. The Labute approximate surface area is 343 Å². The lowest BCUT2D eigenvalue weighted by Gasteiger charge is -2.21. The number of methoxy groups -OCH3 is 1. The molecule has 0 fully saturated rings. The predicted octanol–water partition coefficient (Wildman–Crippen LogP) is 9.84. The van der Waals surface area contributed by atoms with Crippen molar-refractivity contribution in [3.05, 3.63) is 76.3 Å². The molecule has 1 aromatic heterocycles. The van der Waals surface area contributed by atoms with Gasteiger partial charge in [0.1, 0.15) is 10.4 Å². The molecule has 0 unspecified atom stereocenters. The molecule has 0 saturated heterocycles. The fourth-order valence-corrected chi connectivity index (χ4v) is 9.92. The fourth-order valence-electron chi connectivity index (χ4n) is 6.60. The van der Waals surface area contributed by atoms with E-state index in [0.717, 1.165) is 47.2 Å². The Bertz CT molecular complexity index is 2150. The van der Waals surface area contributed by atoms with Crippen molar-refractivity contribution in [1.82, 2.24) is 4.90 Å². The number of thioether (sulfide) groups is 1. The predicted molar refractivity (Wildman–Crippen MR) is 235 cm³/mol. The second-order valence-electron chi connectivity index (χ2n) is 14.0. The van der Waals surface area contributed by atoms with Crippen LogP contribution in [0.1, 0.15) is 90.5 Å². The molecule has 0 spiro atoms. The molecule has 308 valence electrons. The van der Waals surface area contributed by atoms with Gasteiger partial charge in [0, 0.05) is 30.0 Å². The SMILES string of the molecule is CCC(=C/c1sc2ccc3ccccc3c2[n+]1CCCS(=O)(=O)O)/C=C1/Sc2ccc(OC)cc2N1CCCS(=O)(=O)O.CCCCN(CCCC)CCCC. The molecule has 3 aromatic carbocycles. The normalized spacial score (nSPS) is 14.2. The maximum absolute atomic E-state index is 11.5. The molecule has 10 nitrogen and oxygen atoms in total. The van der Waals surface area contributed by atoms with Crippen molar-refractivity contribution >= 4 is 76.1 Å². The number of fused-ring (bicyclic) bond motifs is 4. The number of ether oxygens (including phenoxy) is 1. The number of allylic oxidation sites excluding steroid dienone is 2. The molecule has 0 aliphatic carbocycles. The van der Waals surface area contributed by atoms with Gasteiger partial charge in [0.25, 0.3) is 25.2 Å². The highest BCUT2D eigenvalue weighted by Crippen LogP contribution is 2.48. The van der Waals surface area contributed by atoms with E-state index in [2.05, 4.69) is 72.4 Å². The molecule has 56 heavy (non-hydrogen) atoms. The standard InChI is InChI=1S/C30H32N2O7S4.C12H27N/c1-3-21(18-28-31(14-6-16-42(33,34)35)25-20-23(39-2)11-13-26(25)40-28)19-29-32(15-7-17-43(36,37)38)30-24-9-5-4-8-22(24)10-12-27(30)41-29;1-4-7-10-13(11-8-5-2)12-9-6-3/h4-5,8-13,18-20H,3,6-7,14-17H2,1-2H3,(H-,33,34,35,36,37,38);4-12H2,1-3H3/p+1. The molecular weight excluding hydrogens is 787 g/mol. The van der Waals surface area contributed by atoms with E-state index >= 15 is 0 Å². The van der Waals surface area contributed by atoms with Gasteiger partial charge in [-0.25, -0.2) is 0 Å². The van der Waals surface area contributed by atoms with Crippen LogP contribution in [0.4, 0.5) is 5.69 Å². The van der Waals surface area contributed by atoms with Gasteiger partial charge < -0.3 is 14.5 Å². The molecule has 0 radical (unpaired) electrons. The Kier molecular flexibility index (Phi) is 18.2. The van der Waals surface area contributed by atoms with Crippen LogP contribution in [0.2, 0.25) is 0 Å². The van der Waals surface area contributed by atoms with Crippen molar-refractivity contribution in [1.29, 1.82) is 0 Å². The van der Waals surface area contributed by atoms with E-state index in [1.807, 2.05) is 36.4 Å². The van der Waals surface area contributed by atoms with Gasteiger partial charge in [-0.15, -0.1) is 0 Å². The lowest BCUT2D eigenvalue weighted by Crippen LogP contribution is -2.36. The van der Waals surface area contributed by atoms with Crippen molar-refractivity contribution in [3.63, 3.8) is 0 Å². The highest BCUT2D eigenvalue weighted by atomic mass is 32.2. The van der Waals surface area contributed by atoms with Crippen LogP contribution in [0.5, 0.6) is 5.75 Å². The number of anilines is 1. The van der Waals surface area contributed by atoms with E-state index in [0.29, 0.717) is 25.3 Å². The number of nitrogens with zero attached hydrogens (tertiary/aromatic N) is 3. The Morgan fingerprint density at radius 1 is 0.839 bits per heavy atom. The molecule has 1 aliphatic heterocycles. The van der Waals surface area contributed by atoms with Gasteiger partial charge in [0.05, 0.1) is 34.7 Å². The number of benzene rings is 3. The van der Waals surface area contributed by atoms with Crippen LogP contribution < -0.4 is 14.2 Å². The first-order chi connectivity index (χ1) is 26.8. The molecule has 2 heterocycles. The number of hydrogen-bond donors (Lipinski definition) is 2. The summed E-state index contributed by atoms with van der Waals surface area (Å²) in [6.07, 6.45) is 13.5. The number of aryl methyl sites for hydroxylation is 1. The van der Waals surface area contributed by atoms with Crippen molar-refractivity contribution in [3.8, 4) is 5.75 Å². The quantitative estimate of drug-likeness (QED) is 0.0618. The van der Waals surface area contributed by atoms with Crippen molar-refractivity contribution < 1.29 is 35.2 Å². The smallest absolute Gasteiger partial charge is 0.265 e. The van der Waals surface area contributed by atoms with Crippen LogP contribution in [0.3, 0.4) is 0 Å². The molecule has 0 bridgehead atoms. The summed E-state index contributed by atoms with van der Waals surface area (Å²) < 4.78 is 73.1. The average molecular weight is 847 g/mol. The van der Waals surface area contributed by atoms with E-state index in [1.54, 1.807) is 30.2 Å². The summed E-state index contributed by atoms with van der Waals surface area (Å²) in [6.45, 7) is 13.6. The molecule has 1 aliphatic rings. The highest BCUT2D eigenvalue weighted by molar-refractivity contribution is 8.03. The Morgan fingerprint density at radius 3 is 2.09 bits per heavy atom. The van der Waals surface area contributed by atoms with Crippen LogP contribution >= 0.6 is 23.1 Å². The minimum atomic E-state index is -4.09. The van der Waals surface area contributed by atoms with Crippen LogP contribution in [0.25, 0.3) is 27.1 Å².